The second-order valence-corrected chi connectivity index (χ2v) is 20.5. The molecule has 6 aliphatic heterocycles. The predicted molar refractivity (Wildman–Crippen MR) is 248 cm³/mol. The van der Waals surface area contributed by atoms with Crippen LogP contribution in [0.15, 0.2) is 85.3 Å². The Morgan fingerprint density at radius 1 is 0.881 bits per heavy atom. The molecular weight excluding hydrogens is 884 g/mol. The van der Waals surface area contributed by atoms with E-state index in [2.05, 4.69) is 65.6 Å². The van der Waals surface area contributed by atoms with Crippen LogP contribution in [0, 0.1) is 17.6 Å². The van der Waals surface area contributed by atoms with E-state index in [1.54, 1.807) is 17.2 Å². The maximum atomic E-state index is 15.8. The van der Waals surface area contributed by atoms with Crippen LogP contribution in [-0.4, -0.2) is 120 Å². The summed E-state index contributed by atoms with van der Waals surface area (Å²) in [6.45, 7) is 8.79. The van der Waals surface area contributed by atoms with Crippen LogP contribution in [0.4, 0.5) is 30.2 Å². The lowest BCUT2D eigenvalue weighted by atomic mass is 9.95. The fourth-order valence-electron chi connectivity index (χ4n) is 11.1. The number of anilines is 3. The average Bonchev–Trinajstić information content (AvgIpc) is 4.17. The largest absolute Gasteiger partial charge is 0.372 e. The van der Waals surface area contributed by atoms with Gasteiger partial charge in [0.2, 0.25) is 11.7 Å². The predicted octanol–water partition coefficient (Wildman–Crippen LogP) is 6.37. The first-order valence-electron chi connectivity index (χ1n) is 23.0. The van der Waals surface area contributed by atoms with Gasteiger partial charge in [-0.15, -0.1) is 0 Å². The number of pyridine rings is 1. The SMILES string of the molecule is C=C1CCC(N2Cc3cc(N4CCC(CN5C[C@H]6C[C@@H]5CN6c5ccc(-c6cnc7[nH]cc(C(=O)c8c(F)ccc(NS(=O)(=O)N9CC[C@@H](F)C9)c8F)c7c6)cc5)CC4)ccc3C2=O)C(=O)N1. The number of rotatable bonds is 11. The van der Waals surface area contributed by atoms with Crippen LogP contribution in [0.5, 0.6) is 0 Å². The Morgan fingerprint density at radius 2 is 1.67 bits per heavy atom. The molecular formula is C49H50F3N9O5S. The molecule has 0 saturated carbocycles. The minimum absolute atomic E-state index is 0.00740. The van der Waals surface area contributed by atoms with Crippen molar-refractivity contribution in [2.75, 3.05) is 60.3 Å². The number of nitrogens with one attached hydrogen (secondary N) is 3. The number of aromatic nitrogens is 2. The van der Waals surface area contributed by atoms with Gasteiger partial charge in [-0.2, -0.15) is 12.7 Å². The number of hydrogen-bond acceptors (Lipinski definition) is 9. The number of benzene rings is 3. The molecule has 2 amide bonds. The second kappa shape index (κ2) is 16.8. The van der Waals surface area contributed by atoms with E-state index in [-0.39, 0.29) is 36.9 Å². The van der Waals surface area contributed by atoms with Crippen LogP contribution >= 0.6 is 0 Å². The normalized spacial score (nSPS) is 23.7. The number of halogens is 3. The van der Waals surface area contributed by atoms with Crippen LogP contribution in [0.3, 0.4) is 0 Å². The molecule has 14 nitrogen and oxygen atoms in total. The molecule has 6 aliphatic rings. The summed E-state index contributed by atoms with van der Waals surface area (Å²) in [6, 6.07) is 18.2. The van der Waals surface area contributed by atoms with Gasteiger partial charge in [0.1, 0.15) is 23.7 Å². The van der Waals surface area contributed by atoms with Crippen molar-refractivity contribution in [3.8, 4) is 11.1 Å². The summed E-state index contributed by atoms with van der Waals surface area (Å²) in [5.74, 6) is -3.16. The van der Waals surface area contributed by atoms with Gasteiger partial charge in [0.05, 0.1) is 11.3 Å². The van der Waals surface area contributed by atoms with Crippen molar-refractivity contribution in [1.82, 2.24) is 29.4 Å². The van der Waals surface area contributed by atoms with Crippen molar-refractivity contribution in [3.63, 3.8) is 0 Å². The summed E-state index contributed by atoms with van der Waals surface area (Å²) in [6.07, 6.45) is 6.23. The molecule has 18 heteroatoms. The minimum Gasteiger partial charge on any atom is -0.372 e. The minimum atomic E-state index is -4.35. The lowest BCUT2D eigenvalue weighted by Gasteiger charge is -2.40. The van der Waals surface area contributed by atoms with Gasteiger partial charge >= 0.3 is 10.2 Å². The fraction of sp³-hybridized carbons (Fsp3) is 0.388. The number of alkyl halides is 1. The number of likely N-dealkylation sites (tertiary alicyclic amines) is 1. The number of nitrogens with zero attached hydrogens (tertiary/aromatic N) is 6. The Hall–Kier alpha value is -6.24. The molecule has 3 aromatic carbocycles. The highest BCUT2D eigenvalue weighted by molar-refractivity contribution is 7.90. The van der Waals surface area contributed by atoms with Crippen molar-refractivity contribution >= 4 is 55.9 Å². The fourth-order valence-corrected chi connectivity index (χ4v) is 12.4. The number of piperazine rings is 1. The summed E-state index contributed by atoms with van der Waals surface area (Å²) in [5.41, 5.74) is 4.92. The smallest absolute Gasteiger partial charge is 0.301 e. The molecule has 2 aromatic heterocycles. The number of ketones is 1. The van der Waals surface area contributed by atoms with Gasteiger partial charge in [-0.1, -0.05) is 18.7 Å². The molecule has 5 saturated heterocycles. The van der Waals surface area contributed by atoms with Crippen molar-refractivity contribution in [2.45, 2.75) is 69.4 Å². The first kappa shape index (κ1) is 43.3. The van der Waals surface area contributed by atoms with Gasteiger partial charge in [-0.25, -0.2) is 18.2 Å². The number of hydrogen-bond donors (Lipinski definition) is 3. The highest BCUT2D eigenvalue weighted by Crippen LogP contribution is 2.39. The third-order valence-electron chi connectivity index (χ3n) is 14.7. The summed E-state index contributed by atoms with van der Waals surface area (Å²) >= 11 is 0. The van der Waals surface area contributed by atoms with Gasteiger partial charge in [0.25, 0.3) is 5.91 Å². The summed E-state index contributed by atoms with van der Waals surface area (Å²) in [7, 11) is -4.35. The van der Waals surface area contributed by atoms with E-state index in [0.29, 0.717) is 65.2 Å². The van der Waals surface area contributed by atoms with Crippen molar-refractivity contribution in [2.24, 2.45) is 5.92 Å². The van der Waals surface area contributed by atoms with Gasteiger partial charge in [0.15, 0.2) is 5.82 Å². The molecule has 5 aromatic rings. The molecule has 11 rings (SSSR count). The van der Waals surface area contributed by atoms with Gasteiger partial charge in [0, 0.05) is 116 Å². The van der Waals surface area contributed by atoms with Crippen LogP contribution in [0.2, 0.25) is 0 Å². The Kier molecular flexibility index (Phi) is 10.9. The first-order valence-corrected chi connectivity index (χ1v) is 24.4. The number of allylic oxidation sites excluding steroid dienone is 1. The number of piperidine rings is 2. The molecule has 3 N–H and O–H groups in total. The van der Waals surface area contributed by atoms with Crippen LogP contribution in [0.1, 0.15) is 70.4 Å². The maximum absolute atomic E-state index is 15.8. The Morgan fingerprint density at radius 3 is 2.40 bits per heavy atom. The lowest BCUT2D eigenvalue weighted by molar-refractivity contribution is -0.126. The molecule has 8 heterocycles. The molecule has 0 aliphatic carbocycles. The maximum Gasteiger partial charge on any atom is 0.301 e. The number of carbonyl (C=O) groups is 3. The zero-order chi connectivity index (χ0) is 46.3. The Balaban J connectivity index is 0.701. The van der Waals surface area contributed by atoms with Gasteiger partial charge in [-0.05, 0) is 104 Å². The van der Waals surface area contributed by atoms with E-state index in [1.165, 1.54) is 6.20 Å². The molecule has 348 valence electrons. The quantitative estimate of drug-likeness (QED) is 0.128. The van der Waals surface area contributed by atoms with E-state index in [0.717, 1.165) is 90.9 Å². The summed E-state index contributed by atoms with van der Waals surface area (Å²) in [4.78, 5) is 56.4. The molecule has 67 heavy (non-hydrogen) atoms. The molecule has 4 atom stereocenters. The van der Waals surface area contributed by atoms with Crippen LogP contribution in [0.25, 0.3) is 22.2 Å². The zero-order valence-corrected chi connectivity index (χ0v) is 37.5. The van der Waals surface area contributed by atoms with Crippen molar-refractivity contribution in [1.29, 1.82) is 0 Å². The molecule has 2 bridgehead atoms. The zero-order valence-electron chi connectivity index (χ0n) is 36.7. The van der Waals surface area contributed by atoms with Crippen LogP contribution in [-0.2, 0) is 21.5 Å². The average molecular weight is 934 g/mol. The van der Waals surface area contributed by atoms with Crippen molar-refractivity contribution in [3.05, 3.63) is 119 Å². The molecule has 0 spiro atoms. The summed E-state index contributed by atoms with van der Waals surface area (Å²) in [5, 5.41) is 3.16. The Bertz CT molecular complexity index is 2960. The molecule has 5 fully saturated rings. The Labute approximate surface area is 386 Å². The van der Waals surface area contributed by atoms with Crippen LogP contribution < -0.4 is 19.8 Å². The van der Waals surface area contributed by atoms with Gasteiger partial charge in [-0.3, -0.25) is 24.0 Å². The third-order valence-corrected chi connectivity index (χ3v) is 16.2. The number of amides is 2. The topological polar surface area (TPSA) is 154 Å². The first-order chi connectivity index (χ1) is 32.3. The highest BCUT2D eigenvalue weighted by atomic mass is 32.2. The van der Waals surface area contributed by atoms with Crippen molar-refractivity contribution < 1.29 is 36.0 Å². The second-order valence-electron chi connectivity index (χ2n) is 18.8. The highest BCUT2D eigenvalue weighted by Gasteiger charge is 2.44. The lowest BCUT2D eigenvalue weighted by Crippen LogP contribution is -2.49. The molecule has 0 radical (unpaired) electrons. The third kappa shape index (κ3) is 7.91. The number of aromatic amines is 1. The number of H-pyrrole nitrogens is 1. The van der Waals surface area contributed by atoms with E-state index in [9.17, 15) is 27.2 Å². The standard InChI is InChI=1S/C49H50F3N9O5S/c1-28-2-11-43(48(63)55-28)61-24-32-18-35(7-8-38(32)49(61)64)57-15-12-29(13-16-57)23-58-26-37-20-36(58)27-60(37)34-5-3-30(4-6-34)31-19-39-40(22-54-47(39)53-21-31)46(62)44-41(51)9-10-42(45(44)52)56-67(65,66)59-17-14-33(50)25-59/h3-10,18-19,21-22,29,33,36-37,43,56H,1-2,11-17,20,23-27H2,(H,53,54)(H,55,63)/t33-,36-,37-,43?/m1/s1. The number of carbonyl (C=O) groups excluding carboxylic acids is 3. The van der Waals surface area contributed by atoms with E-state index in [4.69, 9.17) is 0 Å². The summed E-state index contributed by atoms with van der Waals surface area (Å²) < 4.78 is 73.3. The monoisotopic (exact) mass is 933 g/mol. The van der Waals surface area contributed by atoms with E-state index in [1.807, 2.05) is 18.2 Å². The van der Waals surface area contributed by atoms with Gasteiger partial charge < -0.3 is 25.0 Å². The van der Waals surface area contributed by atoms with E-state index < -0.39 is 51.1 Å². The number of fused-ring (bicyclic) bond motifs is 4. The van der Waals surface area contributed by atoms with E-state index >= 15 is 8.78 Å². The molecule has 1 unspecified atom stereocenters.